The second-order valence-corrected chi connectivity index (χ2v) is 6.93. The predicted molar refractivity (Wildman–Crippen MR) is 99.5 cm³/mol. The molecule has 0 aliphatic carbocycles. The first kappa shape index (κ1) is 18.0. The molecule has 3 rings (SSSR count). The summed E-state index contributed by atoms with van der Waals surface area (Å²) in [5.74, 6) is -1.51. The molecule has 1 heterocycles. The summed E-state index contributed by atoms with van der Waals surface area (Å²) in [6, 6.07) is 13.2. The van der Waals surface area contributed by atoms with Crippen molar-refractivity contribution >= 4 is 33.4 Å². The van der Waals surface area contributed by atoms with Crippen LogP contribution in [0.25, 0.3) is 10.2 Å². The van der Waals surface area contributed by atoms with Gasteiger partial charge < -0.3 is 10.2 Å². The lowest BCUT2D eigenvalue weighted by molar-refractivity contribution is -0.130. The Morgan fingerprint density at radius 3 is 2.62 bits per heavy atom. The standard InChI is InChI=1S/C19H18FN3O2S/c1-12(19-22-15-9-5-6-10-16(15)26-19)23(2)17(24)11-21-18(25)13-7-3-4-8-14(13)20/h3-10,12H,11H2,1-2H3,(H,21,25). The number of carbonyl (C=O) groups excluding carboxylic acids is 2. The van der Waals surface area contributed by atoms with Gasteiger partial charge in [0.25, 0.3) is 5.91 Å². The highest BCUT2D eigenvalue weighted by Gasteiger charge is 2.21. The summed E-state index contributed by atoms with van der Waals surface area (Å²) < 4.78 is 14.7. The number of rotatable bonds is 5. The van der Waals surface area contributed by atoms with Crippen molar-refractivity contribution in [3.63, 3.8) is 0 Å². The molecular weight excluding hydrogens is 353 g/mol. The van der Waals surface area contributed by atoms with Crippen LogP contribution < -0.4 is 5.32 Å². The molecule has 1 N–H and O–H groups in total. The molecule has 0 aliphatic rings. The fraction of sp³-hybridized carbons (Fsp3) is 0.211. The van der Waals surface area contributed by atoms with Crippen LogP contribution in [0.4, 0.5) is 4.39 Å². The molecule has 0 aliphatic heterocycles. The Bertz CT molecular complexity index is 924. The van der Waals surface area contributed by atoms with Gasteiger partial charge in [-0.2, -0.15) is 0 Å². The zero-order chi connectivity index (χ0) is 18.7. The number of fused-ring (bicyclic) bond motifs is 1. The third-order valence-electron chi connectivity index (χ3n) is 4.16. The van der Waals surface area contributed by atoms with E-state index >= 15 is 0 Å². The number of likely N-dealkylation sites (N-methyl/N-ethyl adjacent to an activating group) is 1. The first-order valence-electron chi connectivity index (χ1n) is 8.11. The van der Waals surface area contributed by atoms with Gasteiger partial charge in [0, 0.05) is 7.05 Å². The van der Waals surface area contributed by atoms with Crippen molar-refractivity contribution < 1.29 is 14.0 Å². The zero-order valence-corrected chi connectivity index (χ0v) is 15.2. The molecule has 0 spiro atoms. The summed E-state index contributed by atoms with van der Waals surface area (Å²) in [5, 5.41) is 3.29. The number of benzene rings is 2. The zero-order valence-electron chi connectivity index (χ0n) is 14.4. The Labute approximate surface area is 154 Å². The number of para-hydroxylation sites is 1. The minimum absolute atomic E-state index is 0.0813. The fourth-order valence-corrected chi connectivity index (χ4v) is 3.53. The number of aromatic nitrogens is 1. The number of thiazole rings is 1. The number of nitrogens with zero attached hydrogens (tertiary/aromatic N) is 2. The fourth-order valence-electron chi connectivity index (χ4n) is 2.47. The number of hydrogen-bond acceptors (Lipinski definition) is 4. The largest absolute Gasteiger partial charge is 0.343 e. The lowest BCUT2D eigenvalue weighted by atomic mass is 10.2. The molecule has 2 aromatic carbocycles. The van der Waals surface area contributed by atoms with Gasteiger partial charge in [-0.05, 0) is 31.2 Å². The van der Waals surface area contributed by atoms with Gasteiger partial charge in [-0.15, -0.1) is 11.3 Å². The molecule has 1 atom stereocenters. The van der Waals surface area contributed by atoms with Crippen LogP contribution in [0, 0.1) is 5.82 Å². The second-order valence-electron chi connectivity index (χ2n) is 5.86. The maximum Gasteiger partial charge on any atom is 0.254 e. The van der Waals surface area contributed by atoms with Crippen LogP contribution in [0.3, 0.4) is 0 Å². The molecule has 0 bridgehead atoms. The summed E-state index contributed by atoms with van der Waals surface area (Å²) in [5.41, 5.74) is 0.815. The van der Waals surface area contributed by atoms with Crippen molar-refractivity contribution in [1.29, 1.82) is 0 Å². The minimum Gasteiger partial charge on any atom is -0.343 e. The van der Waals surface area contributed by atoms with E-state index < -0.39 is 11.7 Å². The Morgan fingerprint density at radius 1 is 1.19 bits per heavy atom. The number of amides is 2. The van der Waals surface area contributed by atoms with Crippen molar-refractivity contribution in [3.8, 4) is 0 Å². The van der Waals surface area contributed by atoms with E-state index in [1.807, 2.05) is 31.2 Å². The first-order chi connectivity index (χ1) is 12.5. The summed E-state index contributed by atoms with van der Waals surface area (Å²) in [7, 11) is 1.66. The monoisotopic (exact) mass is 371 g/mol. The quantitative estimate of drug-likeness (QED) is 0.748. The first-order valence-corrected chi connectivity index (χ1v) is 8.93. The van der Waals surface area contributed by atoms with E-state index in [1.54, 1.807) is 13.1 Å². The Hall–Kier alpha value is -2.80. The molecular formula is C19H18FN3O2S. The number of hydrogen-bond donors (Lipinski definition) is 1. The predicted octanol–water partition coefficient (Wildman–Crippen LogP) is 3.38. The normalized spacial score (nSPS) is 12.0. The lowest BCUT2D eigenvalue weighted by Gasteiger charge is -2.23. The number of nitrogens with one attached hydrogen (secondary N) is 1. The molecule has 1 unspecified atom stereocenters. The molecule has 0 saturated heterocycles. The Kier molecular flexibility index (Phi) is 5.27. The molecule has 0 radical (unpaired) electrons. The van der Waals surface area contributed by atoms with Crippen LogP contribution in [0.2, 0.25) is 0 Å². The van der Waals surface area contributed by atoms with Crippen molar-refractivity contribution in [3.05, 3.63) is 64.9 Å². The molecule has 1 aromatic heterocycles. The Morgan fingerprint density at radius 2 is 1.88 bits per heavy atom. The SMILES string of the molecule is CC(c1nc2ccccc2s1)N(C)C(=O)CNC(=O)c1ccccc1F. The summed E-state index contributed by atoms with van der Waals surface area (Å²) >= 11 is 1.53. The molecule has 5 nitrogen and oxygen atoms in total. The van der Waals surface area contributed by atoms with E-state index in [-0.39, 0.29) is 24.1 Å². The van der Waals surface area contributed by atoms with E-state index in [2.05, 4.69) is 10.3 Å². The molecule has 26 heavy (non-hydrogen) atoms. The summed E-state index contributed by atoms with van der Waals surface area (Å²) in [6.07, 6.45) is 0. The van der Waals surface area contributed by atoms with E-state index in [9.17, 15) is 14.0 Å². The van der Waals surface area contributed by atoms with Crippen LogP contribution in [0.15, 0.2) is 48.5 Å². The average molecular weight is 371 g/mol. The van der Waals surface area contributed by atoms with Crippen LogP contribution in [-0.4, -0.2) is 35.3 Å². The van der Waals surface area contributed by atoms with Gasteiger partial charge >= 0.3 is 0 Å². The van der Waals surface area contributed by atoms with Crippen molar-refractivity contribution in [1.82, 2.24) is 15.2 Å². The second kappa shape index (κ2) is 7.61. The van der Waals surface area contributed by atoms with Gasteiger partial charge in [-0.1, -0.05) is 24.3 Å². The molecule has 3 aromatic rings. The van der Waals surface area contributed by atoms with Crippen molar-refractivity contribution in [2.45, 2.75) is 13.0 Å². The van der Waals surface area contributed by atoms with Crippen molar-refractivity contribution in [2.75, 3.05) is 13.6 Å². The Balaban J connectivity index is 1.63. The molecule has 7 heteroatoms. The van der Waals surface area contributed by atoms with Gasteiger partial charge in [0.15, 0.2) is 0 Å². The third-order valence-corrected chi connectivity index (χ3v) is 5.37. The van der Waals surface area contributed by atoms with Crippen LogP contribution in [0.5, 0.6) is 0 Å². The average Bonchev–Trinajstić information content (AvgIpc) is 3.09. The van der Waals surface area contributed by atoms with Gasteiger partial charge in [0.05, 0.1) is 28.4 Å². The van der Waals surface area contributed by atoms with Gasteiger partial charge in [-0.25, -0.2) is 9.37 Å². The third kappa shape index (κ3) is 3.72. The van der Waals surface area contributed by atoms with E-state index in [0.29, 0.717) is 0 Å². The van der Waals surface area contributed by atoms with Crippen molar-refractivity contribution in [2.24, 2.45) is 0 Å². The highest BCUT2D eigenvalue weighted by Crippen LogP contribution is 2.28. The molecule has 0 fully saturated rings. The molecule has 134 valence electrons. The van der Waals surface area contributed by atoms with E-state index in [4.69, 9.17) is 0 Å². The smallest absolute Gasteiger partial charge is 0.254 e. The molecule has 0 saturated carbocycles. The van der Waals surface area contributed by atoms with E-state index in [0.717, 1.165) is 15.2 Å². The molecule has 2 amide bonds. The minimum atomic E-state index is -0.617. The van der Waals surface area contributed by atoms with Crippen LogP contribution in [0.1, 0.15) is 28.3 Å². The summed E-state index contributed by atoms with van der Waals surface area (Å²) in [4.78, 5) is 30.5. The van der Waals surface area contributed by atoms with Gasteiger partial charge in [0.1, 0.15) is 10.8 Å². The lowest BCUT2D eigenvalue weighted by Crippen LogP contribution is -2.39. The maximum absolute atomic E-state index is 13.6. The van der Waals surface area contributed by atoms with Crippen LogP contribution >= 0.6 is 11.3 Å². The highest BCUT2D eigenvalue weighted by molar-refractivity contribution is 7.18. The van der Waals surface area contributed by atoms with Gasteiger partial charge in [0.2, 0.25) is 5.91 Å². The topological polar surface area (TPSA) is 62.3 Å². The maximum atomic E-state index is 13.6. The number of carbonyl (C=O) groups is 2. The van der Waals surface area contributed by atoms with E-state index in [1.165, 1.54) is 34.4 Å². The highest BCUT2D eigenvalue weighted by atomic mass is 32.1. The summed E-state index contributed by atoms with van der Waals surface area (Å²) in [6.45, 7) is 1.67. The van der Waals surface area contributed by atoms with Crippen LogP contribution in [-0.2, 0) is 4.79 Å². The number of halogens is 1. The van der Waals surface area contributed by atoms with Gasteiger partial charge in [-0.3, -0.25) is 9.59 Å².